The van der Waals surface area contributed by atoms with Gasteiger partial charge in [-0.15, -0.1) is 0 Å². The largest absolute Gasteiger partial charge is 0.487 e. The van der Waals surface area contributed by atoms with Crippen molar-refractivity contribution >= 4 is 23.2 Å². The summed E-state index contributed by atoms with van der Waals surface area (Å²) in [5, 5.41) is 3.18. The van der Waals surface area contributed by atoms with Crippen LogP contribution >= 0.6 is 11.6 Å². The molecule has 0 saturated carbocycles. The van der Waals surface area contributed by atoms with Crippen LogP contribution in [-0.4, -0.2) is 38.9 Å². The van der Waals surface area contributed by atoms with Crippen molar-refractivity contribution in [2.45, 2.75) is 20.0 Å². The number of hydrogen-bond donors (Lipinski definition) is 1. The SMILES string of the molecule is CCOC(C)C(=O)Nc1cccc(Cl)c1OCCOC. The van der Waals surface area contributed by atoms with Crippen LogP contribution in [0.3, 0.4) is 0 Å². The second-order valence-electron chi connectivity index (χ2n) is 4.04. The van der Waals surface area contributed by atoms with Crippen LogP contribution in [0.5, 0.6) is 5.75 Å². The van der Waals surface area contributed by atoms with E-state index in [1.165, 1.54) is 0 Å². The Morgan fingerprint density at radius 1 is 1.40 bits per heavy atom. The van der Waals surface area contributed by atoms with Crippen LogP contribution in [0.1, 0.15) is 13.8 Å². The van der Waals surface area contributed by atoms with Gasteiger partial charge in [0.2, 0.25) is 0 Å². The zero-order chi connectivity index (χ0) is 15.0. The molecule has 1 aromatic rings. The average Bonchev–Trinajstić information content (AvgIpc) is 2.42. The van der Waals surface area contributed by atoms with Gasteiger partial charge in [0.25, 0.3) is 5.91 Å². The molecule has 6 heteroatoms. The third-order valence-electron chi connectivity index (χ3n) is 2.54. The number of rotatable bonds is 8. The van der Waals surface area contributed by atoms with E-state index in [0.717, 1.165) is 0 Å². The first kappa shape index (κ1) is 16.8. The van der Waals surface area contributed by atoms with Crippen LogP contribution in [-0.2, 0) is 14.3 Å². The standard InChI is InChI=1S/C14H20ClNO4/c1-4-19-10(2)14(17)16-12-7-5-6-11(15)13(12)20-9-8-18-3/h5-7,10H,4,8-9H2,1-3H3,(H,16,17). The maximum Gasteiger partial charge on any atom is 0.253 e. The highest BCUT2D eigenvalue weighted by Gasteiger charge is 2.16. The van der Waals surface area contributed by atoms with Gasteiger partial charge in [-0.25, -0.2) is 0 Å². The molecule has 1 aromatic carbocycles. The number of halogens is 1. The average molecular weight is 302 g/mol. The molecule has 1 unspecified atom stereocenters. The quantitative estimate of drug-likeness (QED) is 0.750. The minimum atomic E-state index is -0.536. The van der Waals surface area contributed by atoms with Crippen molar-refractivity contribution in [3.05, 3.63) is 23.2 Å². The fourth-order valence-corrected chi connectivity index (χ4v) is 1.77. The molecule has 20 heavy (non-hydrogen) atoms. The Morgan fingerprint density at radius 3 is 2.80 bits per heavy atom. The fourth-order valence-electron chi connectivity index (χ4n) is 1.54. The summed E-state index contributed by atoms with van der Waals surface area (Å²) in [4.78, 5) is 11.9. The number of carbonyl (C=O) groups is 1. The molecule has 0 aliphatic carbocycles. The zero-order valence-electron chi connectivity index (χ0n) is 11.9. The van der Waals surface area contributed by atoms with Gasteiger partial charge in [-0.1, -0.05) is 17.7 Å². The minimum absolute atomic E-state index is 0.245. The Morgan fingerprint density at radius 2 is 2.15 bits per heavy atom. The molecule has 0 aliphatic heterocycles. The molecular weight excluding hydrogens is 282 g/mol. The molecular formula is C14H20ClNO4. The van der Waals surface area contributed by atoms with Crippen molar-refractivity contribution in [3.8, 4) is 5.75 Å². The summed E-state index contributed by atoms with van der Waals surface area (Å²) in [6.07, 6.45) is -0.536. The van der Waals surface area contributed by atoms with Crippen molar-refractivity contribution in [3.63, 3.8) is 0 Å². The van der Waals surface area contributed by atoms with Gasteiger partial charge in [0, 0.05) is 13.7 Å². The first-order valence-corrected chi connectivity index (χ1v) is 6.80. The van der Waals surface area contributed by atoms with E-state index in [4.69, 9.17) is 25.8 Å². The van der Waals surface area contributed by atoms with Gasteiger partial charge in [0.15, 0.2) is 5.75 Å². The Kier molecular flexibility index (Phi) is 7.36. The Labute approximate surface area is 124 Å². The summed E-state index contributed by atoms with van der Waals surface area (Å²) in [6.45, 7) is 4.79. The van der Waals surface area contributed by atoms with Crippen molar-refractivity contribution in [1.29, 1.82) is 0 Å². The first-order valence-electron chi connectivity index (χ1n) is 6.42. The van der Waals surface area contributed by atoms with Crippen LogP contribution < -0.4 is 10.1 Å². The lowest BCUT2D eigenvalue weighted by Crippen LogP contribution is -2.28. The smallest absolute Gasteiger partial charge is 0.253 e. The van der Waals surface area contributed by atoms with Gasteiger partial charge < -0.3 is 19.5 Å². The number of methoxy groups -OCH3 is 1. The number of carbonyl (C=O) groups excluding carboxylic acids is 1. The second-order valence-corrected chi connectivity index (χ2v) is 4.45. The third kappa shape index (κ3) is 5.00. The molecule has 0 radical (unpaired) electrons. The topological polar surface area (TPSA) is 56.8 Å². The summed E-state index contributed by atoms with van der Waals surface area (Å²) >= 11 is 6.08. The number of ether oxygens (including phenoxy) is 3. The van der Waals surface area contributed by atoms with E-state index in [1.54, 1.807) is 32.2 Å². The molecule has 1 rings (SSSR count). The fraction of sp³-hybridized carbons (Fsp3) is 0.500. The Bertz CT molecular complexity index is 439. The van der Waals surface area contributed by atoms with Gasteiger partial charge in [-0.05, 0) is 26.0 Å². The third-order valence-corrected chi connectivity index (χ3v) is 2.84. The monoisotopic (exact) mass is 301 g/mol. The summed E-state index contributed by atoms with van der Waals surface area (Å²) in [6, 6.07) is 5.17. The molecule has 0 bridgehead atoms. The van der Waals surface area contributed by atoms with Crippen molar-refractivity contribution in [1.82, 2.24) is 0 Å². The molecule has 1 N–H and O–H groups in total. The van der Waals surface area contributed by atoms with E-state index in [-0.39, 0.29) is 5.91 Å². The molecule has 0 heterocycles. The van der Waals surface area contributed by atoms with E-state index in [1.807, 2.05) is 6.92 Å². The molecule has 0 aromatic heterocycles. The molecule has 112 valence electrons. The van der Waals surface area contributed by atoms with Gasteiger partial charge in [-0.3, -0.25) is 4.79 Å². The molecule has 1 atom stereocenters. The van der Waals surface area contributed by atoms with Crippen molar-refractivity contribution in [2.75, 3.05) is 32.2 Å². The molecule has 1 amide bonds. The lowest BCUT2D eigenvalue weighted by molar-refractivity contribution is -0.126. The summed E-state index contributed by atoms with van der Waals surface area (Å²) < 4.78 is 15.7. The molecule has 0 saturated heterocycles. The van der Waals surface area contributed by atoms with Crippen molar-refractivity contribution in [2.24, 2.45) is 0 Å². The molecule has 5 nitrogen and oxygen atoms in total. The van der Waals surface area contributed by atoms with E-state index >= 15 is 0 Å². The molecule has 0 aliphatic rings. The lowest BCUT2D eigenvalue weighted by atomic mass is 10.2. The van der Waals surface area contributed by atoms with E-state index < -0.39 is 6.10 Å². The van der Waals surface area contributed by atoms with Crippen molar-refractivity contribution < 1.29 is 19.0 Å². The number of anilines is 1. The minimum Gasteiger partial charge on any atom is -0.487 e. The van der Waals surface area contributed by atoms with Crippen LogP contribution in [0.25, 0.3) is 0 Å². The number of amides is 1. The lowest BCUT2D eigenvalue weighted by Gasteiger charge is -2.16. The molecule has 0 fully saturated rings. The Hall–Kier alpha value is -1.30. The number of para-hydroxylation sites is 1. The summed E-state index contributed by atoms with van der Waals surface area (Å²) in [7, 11) is 1.59. The van der Waals surface area contributed by atoms with Gasteiger partial charge in [0.05, 0.1) is 17.3 Å². The Balaban J connectivity index is 2.78. The number of hydrogen-bond acceptors (Lipinski definition) is 4. The highest BCUT2D eigenvalue weighted by atomic mass is 35.5. The highest BCUT2D eigenvalue weighted by Crippen LogP contribution is 2.33. The number of benzene rings is 1. The van der Waals surface area contributed by atoms with Gasteiger partial charge in [0.1, 0.15) is 12.7 Å². The maximum absolute atomic E-state index is 11.9. The van der Waals surface area contributed by atoms with Crippen LogP contribution in [0.4, 0.5) is 5.69 Å². The second kappa shape index (κ2) is 8.79. The zero-order valence-corrected chi connectivity index (χ0v) is 12.7. The normalized spacial score (nSPS) is 12.0. The van der Waals surface area contributed by atoms with Gasteiger partial charge in [-0.2, -0.15) is 0 Å². The number of nitrogens with one attached hydrogen (secondary N) is 1. The van der Waals surface area contributed by atoms with Crippen LogP contribution in [0.15, 0.2) is 18.2 Å². The van der Waals surface area contributed by atoms with E-state index in [0.29, 0.717) is 36.3 Å². The van der Waals surface area contributed by atoms with E-state index in [9.17, 15) is 4.79 Å². The predicted molar refractivity (Wildman–Crippen MR) is 78.5 cm³/mol. The van der Waals surface area contributed by atoms with E-state index in [2.05, 4.69) is 5.32 Å². The predicted octanol–water partition coefficient (Wildman–Crippen LogP) is 2.73. The summed E-state index contributed by atoms with van der Waals surface area (Å²) in [5.74, 6) is 0.189. The van der Waals surface area contributed by atoms with Crippen LogP contribution in [0.2, 0.25) is 5.02 Å². The molecule has 0 spiro atoms. The highest BCUT2D eigenvalue weighted by molar-refractivity contribution is 6.32. The maximum atomic E-state index is 11.9. The van der Waals surface area contributed by atoms with Crippen LogP contribution in [0, 0.1) is 0 Å². The summed E-state index contributed by atoms with van der Waals surface area (Å²) in [5.41, 5.74) is 0.519. The first-order chi connectivity index (χ1) is 9.60. The van der Waals surface area contributed by atoms with Gasteiger partial charge >= 0.3 is 0 Å².